The van der Waals surface area contributed by atoms with Gasteiger partial charge in [-0.1, -0.05) is 54.6 Å². The van der Waals surface area contributed by atoms with Crippen LogP contribution >= 0.6 is 0 Å². The van der Waals surface area contributed by atoms with E-state index in [2.05, 4.69) is 32.9 Å². The lowest BCUT2D eigenvalue weighted by Crippen LogP contribution is -2.17. The molecular weight excluding hydrogens is 376 g/mol. The van der Waals surface area contributed by atoms with Gasteiger partial charge in [-0.25, -0.2) is 5.43 Å². The molecule has 6 heteroatoms. The zero-order chi connectivity index (χ0) is 20.8. The fourth-order valence-corrected chi connectivity index (χ4v) is 2.97. The molecule has 1 aromatic heterocycles. The highest BCUT2D eigenvalue weighted by Gasteiger charge is 2.10. The second-order valence-corrected chi connectivity index (χ2v) is 6.58. The third kappa shape index (κ3) is 4.44. The number of carbonyl (C=O) groups is 1. The molecule has 0 aliphatic heterocycles. The second-order valence-electron chi connectivity index (χ2n) is 6.58. The summed E-state index contributed by atoms with van der Waals surface area (Å²) in [6.45, 7) is 0. The van der Waals surface area contributed by atoms with Gasteiger partial charge >= 0.3 is 0 Å². The number of aromatic amines is 1. The number of benzene rings is 3. The molecule has 4 rings (SSSR count). The molecule has 0 unspecified atom stereocenters. The average molecular weight is 396 g/mol. The van der Waals surface area contributed by atoms with E-state index < -0.39 is 0 Å². The first-order valence-corrected chi connectivity index (χ1v) is 9.41. The van der Waals surface area contributed by atoms with Crippen LogP contribution in [0.5, 0.6) is 5.75 Å². The summed E-state index contributed by atoms with van der Waals surface area (Å²) in [5, 5.41) is 11.0. The van der Waals surface area contributed by atoms with E-state index in [9.17, 15) is 4.79 Å². The smallest absolute Gasteiger partial charge is 0.289 e. The summed E-state index contributed by atoms with van der Waals surface area (Å²) >= 11 is 0. The molecule has 0 saturated carbocycles. The van der Waals surface area contributed by atoms with Crippen molar-refractivity contribution in [1.29, 1.82) is 0 Å². The Kier molecular flexibility index (Phi) is 5.66. The van der Waals surface area contributed by atoms with Crippen LogP contribution in [-0.4, -0.2) is 29.4 Å². The minimum Gasteiger partial charge on any atom is -0.497 e. The number of carbonyl (C=O) groups excluding carboxylic acids is 1. The number of hydrogen-bond donors (Lipinski definition) is 2. The van der Waals surface area contributed by atoms with E-state index in [1.54, 1.807) is 19.4 Å². The Morgan fingerprint density at radius 1 is 0.933 bits per heavy atom. The molecule has 0 saturated heterocycles. The van der Waals surface area contributed by atoms with E-state index in [4.69, 9.17) is 4.74 Å². The van der Waals surface area contributed by atoms with Crippen LogP contribution in [0.15, 0.2) is 90.0 Å². The molecule has 4 aromatic rings. The molecule has 0 spiro atoms. The highest BCUT2D eigenvalue weighted by molar-refractivity contribution is 5.94. The third-order valence-electron chi connectivity index (χ3n) is 4.61. The van der Waals surface area contributed by atoms with Gasteiger partial charge in [0.1, 0.15) is 11.4 Å². The van der Waals surface area contributed by atoms with Crippen molar-refractivity contribution in [1.82, 2.24) is 15.6 Å². The number of hydrogen-bond acceptors (Lipinski definition) is 4. The van der Waals surface area contributed by atoms with Crippen LogP contribution in [0.2, 0.25) is 0 Å². The fourth-order valence-electron chi connectivity index (χ4n) is 2.97. The van der Waals surface area contributed by atoms with Gasteiger partial charge in [0, 0.05) is 5.56 Å². The molecule has 2 N–H and O–H groups in total. The molecule has 6 nitrogen and oxygen atoms in total. The van der Waals surface area contributed by atoms with E-state index >= 15 is 0 Å². The van der Waals surface area contributed by atoms with Crippen molar-refractivity contribution in [3.63, 3.8) is 0 Å². The van der Waals surface area contributed by atoms with Crippen molar-refractivity contribution >= 4 is 12.1 Å². The summed E-state index contributed by atoms with van der Waals surface area (Å²) < 4.78 is 5.15. The Morgan fingerprint density at radius 3 is 2.30 bits per heavy atom. The predicted molar refractivity (Wildman–Crippen MR) is 118 cm³/mol. The number of rotatable bonds is 6. The van der Waals surface area contributed by atoms with Crippen molar-refractivity contribution in [2.45, 2.75) is 0 Å². The molecule has 0 atom stereocenters. The predicted octanol–water partition coefficient (Wildman–Crippen LogP) is 4.52. The first-order valence-electron chi connectivity index (χ1n) is 9.41. The highest BCUT2D eigenvalue weighted by atomic mass is 16.5. The molecule has 1 amide bonds. The van der Waals surface area contributed by atoms with Gasteiger partial charge in [-0.2, -0.15) is 10.2 Å². The van der Waals surface area contributed by atoms with Crippen LogP contribution in [0, 0.1) is 0 Å². The maximum Gasteiger partial charge on any atom is 0.289 e. The Bertz CT molecular complexity index is 1150. The van der Waals surface area contributed by atoms with Gasteiger partial charge in [-0.15, -0.1) is 0 Å². The SMILES string of the molecule is COc1ccc(-c2cc(C(=O)NN=Cc3ccc(-c4ccccc4)cc3)[nH]n2)cc1. The molecule has 0 aliphatic carbocycles. The minimum absolute atomic E-state index is 0.331. The highest BCUT2D eigenvalue weighted by Crippen LogP contribution is 2.21. The first kappa shape index (κ1) is 19.1. The topological polar surface area (TPSA) is 79.4 Å². The van der Waals surface area contributed by atoms with Crippen LogP contribution in [0.3, 0.4) is 0 Å². The maximum absolute atomic E-state index is 12.3. The van der Waals surface area contributed by atoms with Crippen molar-refractivity contribution in [3.05, 3.63) is 96.2 Å². The quantitative estimate of drug-likeness (QED) is 0.372. The Hall–Kier alpha value is -4.19. The Morgan fingerprint density at radius 2 is 1.60 bits per heavy atom. The van der Waals surface area contributed by atoms with Gasteiger partial charge in [0.15, 0.2) is 0 Å². The number of nitrogens with one attached hydrogen (secondary N) is 2. The number of H-pyrrole nitrogens is 1. The van der Waals surface area contributed by atoms with Crippen LogP contribution < -0.4 is 10.2 Å². The molecule has 1 heterocycles. The molecule has 0 aliphatic rings. The van der Waals surface area contributed by atoms with Crippen molar-refractivity contribution in [2.24, 2.45) is 5.10 Å². The number of ether oxygens (including phenoxy) is 1. The van der Waals surface area contributed by atoms with Gasteiger partial charge in [0.25, 0.3) is 5.91 Å². The second kappa shape index (κ2) is 8.87. The standard InChI is InChI=1S/C24H20N4O2/c1-30-21-13-11-20(12-14-21)22-15-23(27-26-22)24(29)28-25-16-17-7-9-19(10-8-17)18-5-3-2-4-6-18/h2-16H,1H3,(H,26,27)(H,28,29). The monoisotopic (exact) mass is 396 g/mol. The molecule has 0 fully saturated rings. The van der Waals surface area contributed by atoms with E-state index in [-0.39, 0.29) is 5.91 Å². The number of hydrazone groups is 1. The van der Waals surface area contributed by atoms with Gasteiger partial charge in [0.2, 0.25) is 0 Å². The number of nitrogens with zero attached hydrogens (tertiary/aromatic N) is 2. The minimum atomic E-state index is -0.362. The number of aromatic nitrogens is 2. The number of methoxy groups -OCH3 is 1. The van der Waals surface area contributed by atoms with E-state index in [0.29, 0.717) is 11.4 Å². The molecule has 30 heavy (non-hydrogen) atoms. The molecule has 148 valence electrons. The summed E-state index contributed by atoms with van der Waals surface area (Å²) in [4.78, 5) is 12.3. The Labute approximate surface area is 174 Å². The summed E-state index contributed by atoms with van der Waals surface area (Å²) in [6, 6.07) is 27.2. The summed E-state index contributed by atoms with van der Waals surface area (Å²) in [7, 11) is 1.62. The maximum atomic E-state index is 12.3. The fraction of sp³-hybridized carbons (Fsp3) is 0.0417. The lowest BCUT2D eigenvalue weighted by Gasteiger charge is -2.01. The zero-order valence-electron chi connectivity index (χ0n) is 16.4. The van der Waals surface area contributed by atoms with E-state index in [0.717, 1.165) is 28.0 Å². The normalized spacial score (nSPS) is 10.8. The molecular formula is C24H20N4O2. The van der Waals surface area contributed by atoms with Crippen LogP contribution in [0.25, 0.3) is 22.4 Å². The zero-order valence-corrected chi connectivity index (χ0v) is 16.4. The van der Waals surface area contributed by atoms with Gasteiger partial charge in [-0.3, -0.25) is 9.89 Å². The van der Waals surface area contributed by atoms with Gasteiger partial charge in [0.05, 0.1) is 19.0 Å². The third-order valence-corrected chi connectivity index (χ3v) is 4.61. The Balaban J connectivity index is 1.37. The van der Waals surface area contributed by atoms with Gasteiger partial charge in [-0.05, 0) is 47.0 Å². The largest absolute Gasteiger partial charge is 0.497 e. The van der Waals surface area contributed by atoms with E-state index in [1.807, 2.05) is 66.7 Å². The molecule has 0 radical (unpaired) electrons. The van der Waals surface area contributed by atoms with E-state index in [1.165, 1.54) is 0 Å². The van der Waals surface area contributed by atoms with Crippen LogP contribution in [0.1, 0.15) is 16.1 Å². The number of amides is 1. The van der Waals surface area contributed by atoms with Crippen molar-refractivity contribution < 1.29 is 9.53 Å². The lowest BCUT2D eigenvalue weighted by atomic mass is 10.0. The average Bonchev–Trinajstić information content (AvgIpc) is 3.31. The van der Waals surface area contributed by atoms with Crippen LogP contribution in [0.4, 0.5) is 0 Å². The van der Waals surface area contributed by atoms with Crippen molar-refractivity contribution in [3.8, 4) is 28.1 Å². The first-order chi connectivity index (χ1) is 14.7. The summed E-state index contributed by atoms with van der Waals surface area (Å²) in [5.74, 6) is 0.401. The van der Waals surface area contributed by atoms with Gasteiger partial charge < -0.3 is 4.74 Å². The molecule has 0 bridgehead atoms. The summed E-state index contributed by atoms with van der Waals surface area (Å²) in [6.07, 6.45) is 1.60. The molecule has 3 aromatic carbocycles. The van der Waals surface area contributed by atoms with Crippen LogP contribution in [-0.2, 0) is 0 Å². The lowest BCUT2D eigenvalue weighted by molar-refractivity contribution is 0.0950. The van der Waals surface area contributed by atoms with Crippen molar-refractivity contribution in [2.75, 3.05) is 7.11 Å². The summed E-state index contributed by atoms with van der Waals surface area (Å²) in [5.41, 5.74) is 7.57.